The molecule has 0 aliphatic heterocycles. The lowest BCUT2D eigenvalue weighted by atomic mass is 9.32. The molecular weight excluding hydrogens is 220 g/mol. The molecule has 0 saturated heterocycles. The molecule has 2 bridgehead atoms. The van der Waals surface area contributed by atoms with Gasteiger partial charge in [0.15, 0.2) is 0 Å². The number of rotatable bonds is 2. The van der Waals surface area contributed by atoms with Crippen molar-refractivity contribution in [2.75, 3.05) is 0 Å². The molecular formula is C16H16N2. The molecule has 0 atom stereocenters. The quantitative estimate of drug-likeness (QED) is 0.800. The Hall–Kier alpha value is -1.70. The molecule has 90 valence electrons. The summed E-state index contributed by atoms with van der Waals surface area (Å²) in [5.74, 6) is 0. The van der Waals surface area contributed by atoms with Crippen molar-refractivity contribution in [3.05, 3.63) is 59.7 Å². The van der Waals surface area contributed by atoms with Crippen LogP contribution in [0, 0.1) is 6.92 Å². The Morgan fingerprint density at radius 2 is 1.39 bits per heavy atom. The van der Waals surface area contributed by atoms with E-state index in [9.17, 15) is 0 Å². The average molecular weight is 236 g/mol. The molecule has 2 heteroatoms. The highest BCUT2D eigenvalue weighted by atomic mass is 14.8. The van der Waals surface area contributed by atoms with E-state index in [4.69, 9.17) is 0 Å². The zero-order valence-corrected chi connectivity index (χ0v) is 10.6. The molecule has 18 heavy (non-hydrogen) atoms. The van der Waals surface area contributed by atoms with Crippen molar-refractivity contribution >= 4 is 0 Å². The number of hydrogen-bond acceptors (Lipinski definition) is 2. The predicted molar refractivity (Wildman–Crippen MR) is 70.4 cm³/mol. The largest absolute Gasteiger partial charge is 0.245 e. The minimum absolute atomic E-state index is 0.395. The second kappa shape index (κ2) is 3.19. The van der Waals surface area contributed by atoms with Crippen molar-refractivity contribution in [3.8, 4) is 0 Å². The Morgan fingerprint density at radius 3 is 2.00 bits per heavy atom. The number of hydrogen-bond donors (Lipinski definition) is 0. The van der Waals surface area contributed by atoms with Crippen molar-refractivity contribution in [1.29, 1.82) is 0 Å². The van der Waals surface area contributed by atoms with Gasteiger partial charge in [0.25, 0.3) is 0 Å². The third kappa shape index (κ3) is 1.18. The topological polar surface area (TPSA) is 25.8 Å². The molecule has 3 fully saturated rings. The molecule has 1 aromatic heterocycles. The van der Waals surface area contributed by atoms with E-state index in [1.807, 2.05) is 12.4 Å². The molecule has 1 heterocycles. The van der Waals surface area contributed by atoms with Crippen molar-refractivity contribution in [2.24, 2.45) is 0 Å². The van der Waals surface area contributed by atoms with Crippen LogP contribution in [0.5, 0.6) is 0 Å². The van der Waals surface area contributed by atoms with Gasteiger partial charge in [-0.2, -0.15) is 0 Å². The lowest BCUT2D eigenvalue weighted by Gasteiger charge is -2.71. The van der Waals surface area contributed by atoms with Crippen LogP contribution in [0.15, 0.2) is 43.0 Å². The van der Waals surface area contributed by atoms with Crippen LogP contribution >= 0.6 is 0 Å². The molecule has 0 spiro atoms. The molecule has 0 radical (unpaired) electrons. The zero-order valence-electron chi connectivity index (χ0n) is 10.6. The van der Waals surface area contributed by atoms with Gasteiger partial charge in [-0.25, -0.2) is 9.97 Å². The Kier molecular flexibility index (Phi) is 1.82. The first kappa shape index (κ1) is 10.2. The van der Waals surface area contributed by atoms with Gasteiger partial charge in [0, 0.05) is 17.8 Å². The van der Waals surface area contributed by atoms with E-state index in [0.717, 1.165) is 0 Å². The van der Waals surface area contributed by atoms with Gasteiger partial charge in [-0.15, -0.1) is 0 Å². The molecule has 3 saturated carbocycles. The fourth-order valence-electron chi connectivity index (χ4n) is 3.88. The Balaban J connectivity index is 1.59. The second-order valence-electron chi connectivity index (χ2n) is 6.08. The van der Waals surface area contributed by atoms with E-state index in [0.29, 0.717) is 10.8 Å². The first-order valence-corrected chi connectivity index (χ1v) is 6.55. The lowest BCUT2D eigenvalue weighted by Crippen LogP contribution is -2.67. The molecule has 3 aliphatic carbocycles. The van der Waals surface area contributed by atoms with E-state index in [-0.39, 0.29) is 0 Å². The number of aromatic nitrogens is 2. The normalized spacial score (nSPS) is 32.5. The molecule has 2 nitrogen and oxygen atoms in total. The van der Waals surface area contributed by atoms with Crippen molar-refractivity contribution in [2.45, 2.75) is 37.0 Å². The molecule has 1 aromatic carbocycles. The molecule has 0 unspecified atom stereocenters. The fourth-order valence-corrected chi connectivity index (χ4v) is 3.88. The Labute approximate surface area is 107 Å². The van der Waals surface area contributed by atoms with Gasteiger partial charge in [-0.05, 0) is 42.7 Å². The molecule has 0 amide bonds. The van der Waals surface area contributed by atoms with E-state index in [2.05, 4.69) is 41.2 Å². The Morgan fingerprint density at radius 1 is 0.833 bits per heavy atom. The van der Waals surface area contributed by atoms with Gasteiger partial charge in [-0.3, -0.25) is 0 Å². The fraction of sp³-hybridized carbons (Fsp3) is 0.375. The van der Waals surface area contributed by atoms with E-state index >= 15 is 0 Å². The third-order valence-corrected chi connectivity index (χ3v) is 4.87. The van der Waals surface area contributed by atoms with Crippen molar-refractivity contribution < 1.29 is 0 Å². The molecule has 0 N–H and O–H groups in total. The van der Waals surface area contributed by atoms with Crippen LogP contribution < -0.4 is 0 Å². The van der Waals surface area contributed by atoms with E-state index < -0.39 is 0 Å². The van der Waals surface area contributed by atoms with Crippen LogP contribution in [0.4, 0.5) is 0 Å². The van der Waals surface area contributed by atoms with Crippen molar-refractivity contribution in [3.63, 3.8) is 0 Å². The standard InChI is InChI=1S/C16H16N2/c1-12-2-4-13(5-3-12)15-8-16(9-15,10-15)14-6-17-11-18-7-14/h2-7,11H,8-10H2,1H3. The first-order chi connectivity index (χ1) is 8.73. The number of aryl methyl sites for hydroxylation is 1. The summed E-state index contributed by atoms with van der Waals surface area (Å²) >= 11 is 0. The summed E-state index contributed by atoms with van der Waals surface area (Å²) in [6.07, 6.45) is 9.42. The summed E-state index contributed by atoms with van der Waals surface area (Å²) in [6.45, 7) is 2.15. The summed E-state index contributed by atoms with van der Waals surface area (Å²) in [5, 5.41) is 0. The van der Waals surface area contributed by atoms with Gasteiger partial charge in [0.1, 0.15) is 6.33 Å². The van der Waals surface area contributed by atoms with E-state index in [1.54, 1.807) is 6.33 Å². The SMILES string of the molecule is Cc1ccc(C23CC(c4cncnc4)(C2)C3)cc1. The van der Waals surface area contributed by atoms with Gasteiger partial charge in [-0.1, -0.05) is 29.8 Å². The van der Waals surface area contributed by atoms with Crippen LogP contribution in [-0.4, -0.2) is 9.97 Å². The second-order valence-corrected chi connectivity index (χ2v) is 6.08. The summed E-state index contributed by atoms with van der Waals surface area (Å²) in [7, 11) is 0. The molecule has 3 aliphatic rings. The zero-order chi connectivity index (χ0) is 12.2. The van der Waals surface area contributed by atoms with Gasteiger partial charge in [0.05, 0.1) is 0 Å². The van der Waals surface area contributed by atoms with Crippen molar-refractivity contribution in [1.82, 2.24) is 9.97 Å². The third-order valence-electron chi connectivity index (χ3n) is 4.87. The summed E-state index contributed by atoms with van der Waals surface area (Å²) in [6, 6.07) is 9.07. The van der Waals surface area contributed by atoms with Crippen LogP contribution in [0.1, 0.15) is 36.0 Å². The minimum Gasteiger partial charge on any atom is -0.245 e. The average Bonchev–Trinajstić information content (AvgIpc) is 2.30. The van der Waals surface area contributed by atoms with Crippen LogP contribution in [0.3, 0.4) is 0 Å². The highest BCUT2D eigenvalue weighted by Gasteiger charge is 2.68. The predicted octanol–water partition coefficient (Wildman–Crippen LogP) is 3.16. The summed E-state index contributed by atoms with van der Waals surface area (Å²) in [5.41, 5.74) is 5.05. The maximum atomic E-state index is 4.15. The number of nitrogens with zero attached hydrogens (tertiary/aromatic N) is 2. The summed E-state index contributed by atoms with van der Waals surface area (Å²) < 4.78 is 0. The number of benzene rings is 1. The highest BCUT2D eigenvalue weighted by Crippen LogP contribution is 2.73. The Bertz CT molecular complexity index is 566. The molecule has 5 rings (SSSR count). The minimum atomic E-state index is 0.395. The lowest BCUT2D eigenvalue weighted by molar-refractivity contribution is -0.0697. The maximum absolute atomic E-state index is 4.15. The molecule has 2 aromatic rings. The van der Waals surface area contributed by atoms with Crippen LogP contribution in [-0.2, 0) is 10.8 Å². The van der Waals surface area contributed by atoms with E-state index in [1.165, 1.54) is 36.0 Å². The smallest absolute Gasteiger partial charge is 0.115 e. The van der Waals surface area contributed by atoms with Gasteiger partial charge in [0.2, 0.25) is 0 Å². The maximum Gasteiger partial charge on any atom is 0.115 e. The highest BCUT2D eigenvalue weighted by molar-refractivity contribution is 5.47. The van der Waals surface area contributed by atoms with Gasteiger partial charge < -0.3 is 0 Å². The monoisotopic (exact) mass is 236 g/mol. The van der Waals surface area contributed by atoms with Crippen LogP contribution in [0.25, 0.3) is 0 Å². The summed E-state index contributed by atoms with van der Waals surface area (Å²) in [4.78, 5) is 8.31. The van der Waals surface area contributed by atoms with Crippen LogP contribution in [0.2, 0.25) is 0 Å². The first-order valence-electron chi connectivity index (χ1n) is 6.55. The van der Waals surface area contributed by atoms with Gasteiger partial charge >= 0.3 is 0 Å².